The first kappa shape index (κ1) is 76.5. The number of carbonyl (C=O) groups excluding carboxylic acids is 8. The van der Waals surface area contributed by atoms with Crippen molar-refractivity contribution in [3.05, 3.63) is 36.9 Å². The van der Waals surface area contributed by atoms with Crippen LogP contribution in [0.4, 0.5) is 0 Å². The maximum Gasteiger partial charge on any atom is 0.326 e. The third-order valence-electron chi connectivity index (χ3n) is 15.2. The van der Waals surface area contributed by atoms with Gasteiger partial charge in [-0.05, 0) is 101 Å². The first-order valence-corrected chi connectivity index (χ1v) is 31.8. The highest BCUT2D eigenvalue weighted by molar-refractivity contribution is 5.87. The summed E-state index contributed by atoms with van der Waals surface area (Å²) in [6.45, 7) is 3.59. The van der Waals surface area contributed by atoms with Crippen LogP contribution >= 0.6 is 0 Å². The first-order valence-electron chi connectivity index (χ1n) is 31.8. The summed E-state index contributed by atoms with van der Waals surface area (Å²) < 4.78 is 21.5. The largest absolute Gasteiger partial charge is 0.508 e. The van der Waals surface area contributed by atoms with Crippen LogP contribution in [0, 0.1) is 18.9 Å². The van der Waals surface area contributed by atoms with Crippen molar-refractivity contribution in [3.63, 3.8) is 0 Å². The molecule has 23 nitrogen and oxygen atoms in total. The molecule has 488 valence electrons. The molecule has 86 heavy (non-hydrogen) atoms. The van der Waals surface area contributed by atoms with Crippen LogP contribution in [0.2, 0.25) is 0 Å². The summed E-state index contributed by atoms with van der Waals surface area (Å²) in [7, 11) is 5.60. The van der Waals surface area contributed by atoms with Crippen LogP contribution in [-0.2, 0) is 68.5 Å². The second-order valence-corrected chi connectivity index (χ2v) is 22.6. The topological polar surface area (TPSA) is 341 Å². The van der Waals surface area contributed by atoms with Gasteiger partial charge in [0, 0.05) is 58.4 Å². The Bertz CT molecular complexity index is 2060. The lowest BCUT2D eigenvalue weighted by molar-refractivity contribution is -0.143. The molecule has 1 aromatic carbocycles. The lowest BCUT2D eigenvalue weighted by atomic mass is 9.81. The number of carboxylic acids is 1. The van der Waals surface area contributed by atoms with Crippen LogP contribution in [-0.4, -0.2) is 167 Å². The average molecular weight is 1220 g/mol. The average Bonchev–Trinajstić information content (AvgIpc) is 3.70. The number of phenolic OH excluding ortho intramolecular Hbond substituents is 1. The number of nitrogens with one attached hydrogen (secondary N) is 7. The van der Waals surface area contributed by atoms with E-state index in [1.165, 1.54) is 89.2 Å². The molecule has 1 fully saturated rings. The van der Waals surface area contributed by atoms with Crippen molar-refractivity contribution in [3.8, 4) is 5.75 Å². The minimum absolute atomic E-state index is 0.0669. The van der Waals surface area contributed by atoms with Crippen LogP contribution in [0.5, 0.6) is 5.75 Å². The van der Waals surface area contributed by atoms with Gasteiger partial charge in [-0.2, -0.15) is 0 Å². The number of carbonyl (C=O) groups is 9. The van der Waals surface area contributed by atoms with Crippen molar-refractivity contribution in [1.29, 1.82) is 0 Å². The minimum atomic E-state index is -1.21. The Kier molecular flexibility index (Phi) is 44.8. The molecule has 1 aliphatic carbocycles. The maximum atomic E-state index is 13.0. The highest BCUT2D eigenvalue weighted by atomic mass is 16.5. The Hall–Kier alpha value is -5.59. The van der Waals surface area contributed by atoms with Crippen molar-refractivity contribution < 1.29 is 72.3 Å². The third kappa shape index (κ3) is 41.5. The molecule has 0 aromatic heterocycles. The number of amides is 6. The van der Waals surface area contributed by atoms with E-state index < -0.39 is 30.0 Å². The Morgan fingerprint density at radius 1 is 0.547 bits per heavy atom. The van der Waals surface area contributed by atoms with Crippen LogP contribution in [0.15, 0.2) is 24.3 Å². The molecular formula is C63H106N8O15. The number of hydrogen-bond donors (Lipinski definition) is 10. The van der Waals surface area contributed by atoms with E-state index in [9.17, 15) is 53.4 Å². The molecule has 0 bridgehead atoms. The maximum absolute atomic E-state index is 13.0. The number of hydrogen-bond acceptors (Lipinski definition) is 16. The summed E-state index contributed by atoms with van der Waals surface area (Å²) in [4.78, 5) is 110. The zero-order chi connectivity index (χ0) is 62.8. The number of aromatic hydroxyl groups is 1. The van der Waals surface area contributed by atoms with E-state index in [2.05, 4.69) is 37.2 Å². The molecule has 0 aliphatic heterocycles. The van der Waals surface area contributed by atoms with Crippen LogP contribution < -0.4 is 43.0 Å². The lowest BCUT2D eigenvalue weighted by Gasteiger charge is -2.28. The summed E-state index contributed by atoms with van der Waals surface area (Å²) in [5.74, 6) is -3.02. The van der Waals surface area contributed by atoms with Gasteiger partial charge in [-0.3, -0.25) is 38.9 Å². The van der Waals surface area contributed by atoms with Crippen molar-refractivity contribution in [2.75, 3.05) is 85.6 Å². The second-order valence-electron chi connectivity index (χ2n) is 22.6. The van der Waals surface area contributed by atoms with Gasteiger partial charge >= 0.3 is 5.97 Å². The molecular weight excluding hydrogens is 1110 g/mol. The highest BCUT2D eigenvalue weighted by Crippen LogP contribution is 2.29. The molecule has 6 amide bonds. The number of ketones is 2. The van der Waals surface area contributed by atoms with Gasteiger partial charge < -0.3 is 71.6 Å². The van der Waals surface area contributed by atoms with Gasteiger partial charge in [-0.15, -0.1) is 0 Å². The van der Waals surface area contributed by atoms with E-state index in [4.69, 9.17) is 31.7 Å². The Balaban J connectivity index is 1.37. The fourth-order valence-electron chi connectivity index (χ4n) is 9.94. The van der Waals surface area contributed by atoms with Gasteiger partial charge in [-0.25, -0.2) is 4.79 Å². The van der Waals surface area contributed by atoms with Crippen LogP contribution in [0.1, 0.15) is 186 Å². The molecule has 23 heteroatoms. The lowest BCUT2D eigenvalue weighted by Crippen LogP contribution is -2.48. The Morgan fingerprint density at radius 2 is 1.03 bits per heavy atom. The number of phenols is 1. The predicted octanol–water partition coefficient (Wildman–Crippen LogP) is 5.04. The number of ether oxygens (including phenoxy) is 4. The molecule has 1 aromatic rings. The molecule has 0 spiro atoms. The molecule has 0 saturated heterocycles. The molecule has 1 saturated carbocycles. The van der Waals surface area contributed by atoms with Crippen molar-refractivity contribution >= 4 is 53.0 Å². The quantitative estimate of drug-likeness (QED) is 0.0302. The Labute approximate surface area is 511 Å². The highest BCUT2D eigenvalue weighted by Gasteiger charge is 2.30. The number of rotatable bonds is 56. The van der Waals surface area contributed by atoms with Crippen molar-refractivity contribution in [2.24, 2.45) is 17.6 Å². The van der Waals surface area contributed by atoms with E-state index in [-0.39, 0.29) is 145 Å². The van der Waals surface area contributed by atoms with Crippen LogP contribution in [0.25, 0.3) is 0 Å². The van der Waals surface area contributed by atoms with Gasteiger partial charge in [-0.1, -0.05) is 102 Å². The van der Waals surface area contributed by atoms with E-state index >= 15 is 0 Å². The number of aliphatic carboxylic acids is 1. The fourth-order valence-corrected chi connectivity index (χ4v) is 9.94. The molecule has 2 radical (unpaired) electrons. The smallest absolute Gasteiger partial charge is 0.326 e. The predicted molar refractivity (Wildman–Crippen MR) is 326 cm³/mol. The number of nitrogens with two attached hydrogens (primary N) is 1. The standard InChI is InChI=1S/C63H106N8O15/c1-48(72)21-17-15-13-11-9-7-5-3-4-6-8-10-12-14-16-18-23-57(75)70-44-50-24-28-51(29-25-50)62(80)71-54(63(81)82)32-33-58(76)67-35-37-83-39-42-86-47-60(78)68-36-38-84-40-41-85-46-59(77)66-34-20-19-22-53(65-2)56(74)45-69-55(61(64)79)43-49-26-30-52(73)31-27-49/h2,26-27,30-31,50-51,53-55,65,69,73H,3-25,28-29,32-47H2,1H3,(H2,64,79)(H,66,77)(H,67,76)(H,68,78)(H,70,75)(H,71,80)(H,81,82)/t50?,51?,53-,54?,55-/m0/s1. The molecule has 0 heterocycles. The van der Waals surface area contributed by atoms with E-state index in [0.29, 0.717) is 57.4 Å². The van der Waals surface area contributed by atoms with Gasteiger partial charge in [0.1, 0.15) is 30.8 Å². The molecule has 1 unspecified atom stereocenters. The number of Topliss-reactive ketones (excluding diaryl/α,β-unsaturated/α-hetero) is 2. The minimum Gasteiger partial charge on any atom is -0.508 e. The number of primary amides is 1. The van der Waals surface area contributed by atoms with E-state index in [1.807, 2.05) is 0 Å². The zero-order valence-electron chi connectivity index (χ0n) is 51.5. The summed E-state index contributed by atoms with van der Waals surface area (Å²) in [5.41, 5.74) is 6.27. The van der Waals surface area contributed by atoms with Gasteiger partial charge in [0.2, 0.25) is 35.4 Å². The summed E-state index contributed by atoms with van der Waals surface area (Å²) in [6.07, 6.45) is 25.2. The van der Waals surface area contributed by atoms with Crippen LogP contribution in [0.3, 0.4) is 0 Å². The Morgan fingerprint density at radius 3 is 1.55 bits per heavy atom. The van der Waals surface area contributed by atoms with Gasteiger partial charge in [0.05, 0.1) is 58.3 Å². The van der Waals surface area contributed by atoms with E-state index in [1.54, 1.807) is 19.1 Å². The zero-order valence-corrected chi connectivity index (χ0v) is 51.5. The summed E-state index contributed by atoms with van der Waals surface area (Å²) in [5, 5.41) is 38.4. The molecule has 2 rings (SSSR count). The van der Waals surface area contributed by atoms with Gasteiger partial charge in [0.15, 0.2) is 5.78 Å². The van der Waals surface area contributed by atoms with Crippen molar-refractivity contribution in [1.82, 2.24) is 37.2 Å². The second kappa shape index (κ2) is 50.4. The molecule has 3 atom stereocenters. The van der Waals surface area contributed by atoms with Crippen molar-refractivity contribution in [2.45, 2.75) is 205 Å². The fraction of sp³-hybridized carbons (Fsp3) is 0.746. The monoisotopic (exact) mass is 1210 g/mol. The van der Waals surface area contributed by atoms with E-state index in [0.717, 1.165) is 50.5 Å². The summed E-state index contributed by atoms with van der Waals surface area (Å²) in [6, 6.07) is 3.68. The van der Waals surface area contributed by atoms with Gasteiger partial charge in [0.25, 0.3) is 0 Å². The number of unbranched alkanes of at least 4 members (excludes halogenated alkanes) is 16. The summed E-state index contributed by atoms with van der Waals surface area (Å²) >= 11 is 0. The molecule has 1 aliphatic rings. The normalized spacial score (nSPS) is 15.0. The number of carboxylic acid groups (broad SMARTS) is 1. The SMILES string of the molecule is [CH]N[C@@H](CCCCNC(=O)COCCOCCNC(=O)COCCOCCNC(=O)CCC(NC(=O)C1CCC(CNC(=O)CCCCCCCCCCCCCCCCCCC(C)=O)CC1)C(=O)O)C(=O)CN[C@@H](Cc1ccc(O)cc1)C(N)=O. The molecule has 11 N–H and O–H groups in total. The number of benzene rings is 1. The first-order chi connectivity index (χ1) is 41.6. The third-order valence-corrected chi connectivity index (χ3v) is 15.2.